The van der Waals surface area contributed by atoms with Crippen molar-refractivity contribution in [1.82, 2.24) is 14.6 Å². The maximum Gasteiger partial charge on any atom is 0.328 e. The van der Waals surface area contributed by atoms with Gasteiger partial charge in [-0.15, -0.1) is 0 Å². The fourth-order valence-electron chi connectivity index (χ4n) is 1.74. The highest BCUT2D eigenvalue weighted by molar-refractivity contribution is 5.81. The zero-order valence-electron chi connectivity index (χ0n) is 10.6. The molecule has 2 aromatic heterocycles. The van der Waals surface area contributed by atoms with Crippen LogP contribution < -0.4 is 5.32 Å². The maximum absolute atomic E-state index is 11.7. The first-order valence-corrected chi connectivity index (χ1v) is 5.76. The molecule has 0 aliphatic heterocycles. The van der Waals surface area contributed by atoms with Gasteiger partial charge in [0.15, 0.2) is 5.82 Å². The van der Waals surface area contributed by atoms with Crippen molar-refractivity contribution in [3.63, 3.8) is 0 Å². The van der Waals surface area contributed by atoms with Crippen molar-refractivity contribution < 1.29 is 9.53 Å². The van der Waals surface area contributed by atoms with Crippen LogP contribution in [0, 0.1) is 5.92 Å². The van der Waals surface area contributed by atoms with Crippen LogP contribution in [0.15, 0.2) is 24.7 Å². The number of methoxy groups -OCH3 is 1. The number of hydrogen-bond acceptors (Lipinski definition) is 5. The first-order chi connectivity index (χ1) is 8.63. The predicted molar refractivity (Wildman–Crippen MR) is 67.3 cm³/mol. The van der Waals surface area contributed by atoms with E-state index < -0.39 is 6.04 Å². The van der Waals surface area contributed by atoms with Crippen LogP contribution in [0.4, 0.5) is 5.82 Å². The highest BCUT2D eigenvalue weighted by atomic mass is 16.5. The molecule has 1 atom stereocenters. The van der Waals surface area contributed by atoms with Gasteiger partial charge in [-0.2, -0.15) is 5.10 Å². The normalized spacial score (nSPS) is 12.7. The van der Waals surface area contributed by atoms with E-state index in [2.05, 4.69) is 15.4 Å². The minimum atomic E-state index is -0.427. The Morgan fingerprint density at radius 1 is 1.44 bits per heavy atom. The van der Waals surface area contributed by atoms with Crippen LogP contribution in [0.2, 0.25) is 0 Å². The van der Waals surface area contributed by atoms with Crippen LogP contribution in [-0.2, 0) is 9.53 Å². The average Bonchev–Trinajstić information content (AvgIpc) is 2.83. The summed E-state index contributed by atoms with van der Waals surface area (Å²) in [5, 5.41) is 7.23. The number of aromatic nitrogens is 3. The van der Waals surface area contributed by atoms with Crippen LogP contribution in [-0.4, -0.2) is 33.7 Å². The third-order valence-electron chi connectivity index (χ3n) is 2.74. The zero-order chi connectivity index (χ0) is 13.1. The molecule has 2 rings (SSSR count). The SMILES string of the molecule is COC(=O)C(Nc1nccn2nccc12)C(C)C. The molecule has 6 heteroatoms. The number of ether oxygens (including phenoxy) is 1. The van der Waals surface area contributed by atoms with Gasteiger partial charge in [0.1, 0.15) is 11.6 Å². The van der Waals surface area contributed by atoms with Gasteiger partial charge in [0.05, 0.1) is 13.3 Å². The molecule has 96 valence electrons. The smallest absolute Gasteiger partial charge is 0.328 e. The van der Waals surface area contributed by atoms with Crippen molar-refractivity contribution in [2.45, 2.75) is 19.9 Å². The predicted octanol–water partition coefficient (Wildman–Crippen LogP) is 1.34. The number of nitrogens with zero attached hydrogens (tertiary/aromatic N) is 3. The average molecular weight is 248 g/mol. The van der Waals surface area contributed by atoms with Crippen molar-refractivity contribution in [1.29, 1.82) is 0 Å². The molecule has 1 N–H and O–H groups in total. The number of fused-ring (bicyclic) bond motifs is 1. The van der Waals surface area contributed by atoms with Crippen molar-refractivity contribution in [2.75, 3.05) is 12.4 Å². The van der Waals surface area contributed by atoms with Gasteiger partial charge in [-0.1, -0.05) is 13.8 Å². The van der Waals surface area contributed by atoms with Crippen LogP contribution in [0.5, 0.6) is 0 Å². The number of hydrogen-bond donors (Lipinski definition) is 1. The van der Waals surface area contributed by atoms with E-state index in [-0.39, 0.29) is 11.9 Å². The lowest BCUT2D eigenvalue weighted by atomic mass is 10.0. The molecule has 0 aliphatic rings. The topological polar surface area (TPSA) is 68.5 Å². The van der Waals surface area contributed by atoms with Gasteiger partial charge >= 0.3 is 5.97 Å². The minimum Gasteiger partial charge on any atom is -0.467 e. The second-order valence-electron chi connectivity index (χ2n) is 4.33. The number of carbonyl (C=O) groups excluding carboxylic acids is 1. The van der Waals surface area contributed by atoms with Crippen molar-refractivity contribution in [3.8, 4) is 0 Å². The number of anilines is 1. The molecule has 2 aromatic rings. The first kappa shape index (κ1) is 12.3. The summed E-state index contributed by atoms with van der Waals surface area (Å²) in [5.74, 6) is 0.426. The summed E-state index contributed by atoms with van der Waals surface area (Å²) in [5.41, 5.74) is 0.826. The summed E-state index contributed by atoms with van der Waals surface area (Å²) in [6.07, 6.45) is 5.07. The van der Waals surface area contributed by atoms with Gasteiger partial charge in [-0.05, 0) is 12.0 Å². The number of rotatable bonds is 4. The molecule has 0 saturated carbocycles. The summed E-state index contributed by atoms with van der Waals surface area (Å²) in [7, 11) is 1.38. The highest BCUT2D eigenvalue weighted by Gasteiger charge is 2.23. The Labute approximate surface area is 105 Å². The lowest BCUT2D eigenvalue weighted by molar-refractivity contribution is -0.142. The second-order valence-corrected chi connectivity index (χ2v) is 4.33. The molecule has 1 unspecified atom stereocenters. The summed E-state index contributed by atoms with van der Waals surface area (Å²) < 4.78 is 6.49. The lowest BCUT2D eigenvalue weighted by Crippen LogP contribution is -2.35. The summed E-state index contributed by atoms with van der Waals surface area (Å²) in [6.45, 7) is 3.90. The largest absolute Gasteiger partial charge is 0.467 e. The Morgan fingerprint density at radius 3 is 2.89 bits per heavy atom. The van der Waals surface area contributed by atoms with E-state index in [0.717, 1.165) is 5.52 Å². The first-order valence-electron chi connectivity index (χ1n) is 5.76. The third-order valence-corrected chi connectivity index (χ3v) is 2.74. The molecule has 0 aliphatic carbocycles. The zero-order valence-corrected chi connectivity index (χ0v) is 10.6. The summed E-state index contributed by atoms with van der Waals surface area (Å²) in [4.78, 5) is 15.9. The van der Waals surface area contributed by atoms with Crippen LogP contribution in [0.1, 0.15) is 13.8 Å². The maximum atomic E-state index is 11.7. The molecule has 0 radical (unpaired) electrons. The van der Waals surface area contributed by atoms with Gasteiger partial charge < -0.3 is 10.1 Å². The molecule has 18 heavy (non-hydrogen) atoms. The summed E-state index contributed by atoms with van der Waals surface area (Å²) in [6, 6.07) is 1.41. The minimum absolute atomic E-state index is 0.0995. The van der Waals surface area contributed by atoms with E-state index in [1.165, 1.54) is 7.11 Å². The van der Waals surface area contributed by atoms with Crippen molar-refractivity contribution in [2.24, 2.45) is 5.92 Å². The van der Waals surface area contributed by atoms with E-state index in [4.69, 9.17) is 4.74 Å². The standard InChI is InChI=1S/C12H16N4O2/c1-8(2)10(12(17)18-3)15-11-9-4-5-14-16(9)7-6-13-11/h4-8,10H,1-3H3,(H,13,15). The van der Waals surface area contributed by atoms with Gasteiger partial charge in [0, 0.05) is 12.4 Å². The molecule has 0 aromatic carbocycles. The van der Waals surface area contributed by atoms with Gasteiger partial charge in [-0.25, -0.2) is 14.3 Å². The molecule has 0 fully saturated rings. The number of esters is 1. The van der Waals surface area contributed by atoms with E-state index >= 15 is 0 Å². The number of nitrogens with one attached hydrogen (secondary N) is 1. The molecule has 0 spiro atoms. The Bertz CT molecular complexity index is 550. The molecule has 0 bridgehead atoms. The summed E-state index contributed by atoms with van der Waals surface area (Å²) >= 11 is 0. The monoisotopic (exact) mass is 248 g/mol. The molecular weight excluding hydrogens is 232 g/mol. The Morgan fingerprint density at radius 2 is 2.22 bits per heavy atom. The van der Waals surface area contributed by atoms with Crippen LogP contribution in [0.25, 0.3) is 5.52 Å². The number of carbonyl (C=O) groups is 1. The Kier molecular flexibility index (Phi) is 3.45. The van der Waals surface area contributed by atoms with E-state index in [1.807, 2.05) is 19.9 Å². The fraction of sp³-hybridized carbons (Fsp3) is 0.417. The lowest BCUT2D eigenvalue weighted by Gasteiger charge is -2.20. The molecule has 0 saturated heterocycles. The Hall–Kier alpha value is -2.11. The highest BCUT2D eigenvalue weighted by Crippen LogP contribution is 2.16. The molecule has 0 amide bonds. The van der Waals surface area contributed by atoms with Gasteiger partial charge in [0.2, 0.25) is 0 Å². The van der Waals surface area contributed by atoms with Gasteiger partial charge in [-0.3, -0.25) is 0 Å². The van der Waals surface area contributed by atoms with Crippen molar-refractivity contribution >= 4 is 17.3 Å². The third kappa shape index (κ3) is 2.27. The van der Waals surface area contributed by atoms with Crippen LogP contribution in [0.3, 0.4) is 0 Å². The van der Waals surface area contributed by atoms with E-state index in [1.54, 1.807) is 23.1 Å². The Balaban J connectivity index is 2.31. The van der Waals surface area contributed by atoms with E-state index in [9.17, 15) is 4.79 Å². The molecule has 2 heterocycles. The molecular formula is C12H16N4O2. The van der Waals surface area contributed by atoms with Gasteiger partial charge in [0.25, 0.3) is 0 Å². The quantitative estimate of drug-likeness (QED) is 0.827. The molecule has 6 nitrogen and oxygen atoms in total. The second kappa shape index (κ2) is 5.03. The fourth-order valence-corrected chi connectivity index (χ4v) is 1.74. The van der Waals surface area contributed by atoms with Crippen LogP contribution >= 0.6 is 0 Å². The van der Waals surface area contributed by atoms with E-state index in [0.29, 0.717) is 5.82 Å². The van der Waals surface area contributed by atoms with Crippen molar-refractivity contribution in [3.05, 3.63) is 24.7 Å².